The van der Waals surface area contributed by atoms with Gasteiger partial charge in [0.1, 0.15) is 13.2 Å². The summed E-state index contributed by atoms with van der Waals surface area (Å²) in [7, 11) is 0. The van der Waals surface area contributed by atoms with Crippen molar-refractivity contribution in [2.24, 2.45) is 5.92 Å². The van der Waals surface area contributed by atoms with Gasteiger partial charge in [-0.15, -0.1) is 0 Å². The fourth-order valence-electron chi connectivity index (χ4n) is 7.33. The van der Waals surface area contributed by atoms with E-state index in [0.717, 1.165) is 63.7 Å². The molecule has 0 saturated heterocycles. The van der Waals surface area contributed by atoms with Gasteiger partial charge >= 0.3 is 17.9 Å². The third kappa shape index (κ3) is 43.4. The number of esters is 3. The molecule has 6 nitrogen and oxygen atoms in total. The van der Waals surface area contributed by atoms with Gasteiger partial charge in [0, 0.05) is 19.3 Å². The summed E-state index contributed by atoms with van der Waals surface area (Å²) in [6.07, 6.45) is 43.8. The highest BCUT2D eigenvalue weighted by molar-refractivity contribution is 5.71. The maximum atomic E-state index is 12.7. The molecule has 0 aliphatic heterocycles. The largest absolute Gasteiger partial charge is 0.462 e. The molecule has 0 rings (SSSR count). The lowest BCUT2D eigenvalue weighted by atomic mass is 10.0. The average Bonchev–Trinajstić information content (AvgIpc) is 3.17. The minimum Gasteiger partial charge on any atom is -0.462 e. The van der Waals surface area contributed by atoms with Crippen LogP contribution in [0.15, 0.2) is 0 Å². The second-order valence-corrected chi connectivity index (χ2v) is 17.2. The molecular formula is C49H94O6. The van der Waals surface area contributed by atoms with Crippen LogP contribution in [0.4, 0.5) is 0 Å². The number of carbonyl (C=O) groups excluding carboxylic acids is 3. The van der Waals surface area contributed by atoms with E-state index >= 15 is 0 Å². The van der Waals surface area contributed by atoms with Gasteiger partial charge in [0.05, 0.1) is 0 Å². The summed E-state index contributed by atoms with van der Waals surface area (Å²) in [4.78, 5) is 37.8. The molecule has 0 radical (unpaired) electrons. The Kier molecular flexibility index (Phi) is 42.3. The molecule has 0 aliphatic rings. The summed E-state index contributed by atoms with van der Waals surface area (Å²) in [5.74, 6) is -0.0707. The van der Waals surface area contributed by atoms with Crippen LogP contribution in [0.3, 0.4) is 0 Å². The molecule has 0 aromatic rings. The van der Waals surface area contributed by atoms with Crippen LogP contribution >= 0.6 is 0 Å². The predicted octanol–water partition coefficient (Wildman–Crippen LogP) is 15.5. The summed E-state index contributed by atoms with van der Waals surface area (Å²) in [5.41, 5.74) is 0. The Morgan fingerprint density at radius 1 is 0.345 bits per heavy atom. The van der Waals surface area contributed by atoms with Crippen molar-refractivity contribution < 1.29 is 28.6 Å². The molecule has 0 N–H and O–H groups in total. The second-order valence-electron chi connectivity index (χ2n) is 17.2. The molecule has 0 aromatic heterocycles. The van der Waals surface area contributed by atoms with Gasteiger partial charge in [0.25, 0.3) is 0 Å². The number of carbonyl (C=O) groups is 3. The van der Waals surface area contributed by atoms with Crippen molar-refractivity contribution >= 4 is 17.9 Å². The molecule has 0 fully saturated rings. The molecule has 0 amide bonds. The van der Waals surface area contributed by atoms with Gasteiger partial charge in [-0.1, -0.05) is 233 Å². The summed E-state index contributed by atoms with van der Waals surface area (Å²) < 4.78 is 16.7. The minimum absolute atomic E-state index is 0.0638. The zero-order chi connectivity index (χ0) is 40.3. The average molecular weight is 779 g/mol. The summed E-state index contributed by atoms with van der Waals surface area (Å²) >= 11 is 0. The van der Waals surface area contributed by atoms with E-state index in [2.05, 4.69) is 27.7 Å². The Labute approximate surface area is 342 Å². The maximum Gasteiger partial charge on any atom is 0.306 e. The molecule has 0 spiro atoms. The van der Waals surface area contributed by atoms with Crippen LogP contribution in [0.25, 0.3) is 0 Å². The standard InChI is InChI=1S/C49H94O6/c1-5-7-9-11-13-15-17-18-19-20-21-23-25-29-34-38-42-49(52)55-46(44-54-48(51)41-37-33-30-26-27-31-35-39-45(3)4)43-53-47(50)40-36-32-28-24-22-16-14-12-10-8-6-2/h45-46H,5-44H2,1-4H3/t46-/m1/s1. The molecule has 0 bridgehead atoms. The van der Waals surface area contributed by atoms with Crippen molar-refractivity contribution in [2.45, 2.75) is 278 Å². The molecular weight excluding hydrogens is 685 g/mol. The lowest BCUT2D eigenvalue weighted by Crippen LogP contribution is -2.30. The molecule has 6 heteroatoms. The number of ether oxygens (including phenoxy) is 3. The third-order valence-electron chi connectivity index (χ3n) is 11.0. The highest BCUT2D eigenvalue weighted by atomic mass is 16.6. The van der Waals surface area contributed by atoms with Crippen LogP contribution < -0.4 is 0 Å². The minimum atomic E-state index is -0.760. The Morgan fingerprint density at radius 2 is 0.600 bits per heavy atom. The zero-order valence-corrected chi connectivity index (χ0v) is 37.4. The van der Waals surface area contributed by atoms with E-state index in [0.29, 0.717) is 19.3 Å². The van der Waals surface area contributed by atoms with Crippen molar-refractivity contribution in [3.05, 3.63) is 0 Å². The molecule has 0 aliphatic carbocycles. The fourth-order valence-corrected chi connectivity index (χ4v) is 7.33. The summed E-state index contributed by atoms with van der Waals surface area (Å²) in [6.45, 7) is 8.96. The first-order chi connectivity index (χ1) is 26.9. The Hall–Kier alpha value is -1.59. The molecule has 0 heterocycles. The van der Waals surface area contributed by atoms with Crippen molar-refractivity contribution in [3.63, 3.8) is 0 Å². The van der Waals surface area contributed by atoms with E-state index in [-0.39, 0.29) is 31.1 Å². The number of rotatable bonds is 44. The second kappa shape index (κ2) is 43.5. The van der Waals surface area contributed by atoms with Gasteiger partial charge < -0.3 is 14.2 Å². The van der Waals surface area contributed by atoms with E-state index in [1.54, 1.807) is 0 Å². The lowest BCUT2D eigenvalue weighted by Gasteiger charge is -2.18. The monoisotopic (exact) mass is 779 g/mol. The van der Waals surface area contributed by atoms with E-state index in [4.69, 9.17) is 14.2 Å². The van der Waals surface area contributed by atoms with Gasteiger partial charge in [0.15, 0.2) is 6.10 Å². The number of hydrogen-bond donors (Lipinski definition) is 0. The topological polar surface area (TPSA) is 78.9 Å². The quantitative estimate of drug-likeness (QED) is 0.0348. The number of unbranched alkanes of at least 4 members (excludes halogenated alkanes) is 31. The van der Waals surface area contributed by atoms with Crippen LogP contribution in [0.5, 0.6) is 0 Å². The van der Waals surface area contributed by atoms with Crippen molar-refractivity contribution in [1.29, 1.82) is 0 Å². The van der Waals surface area contributed by atoms with Gasteiger partial charge in [-0.05, 0) is 25.2 Å². The van der Waals surface area contributed by atoms with Crippen LogP contribution in [0, 0.1) is 5.92 Å². The van der Waals surface area contributed by atoms with Crippen LogP contribution in [-0.4, -0.2) is 37.2 Å². The third-order valence-corrected chi connectivity index (χ3v) is 11.0. The smallest absolute Gasteiger partial charge is 0.306 e. The molecule has 326 valence electrons. The van der Waals surface area contributed by atoms with Crippen molar-refractivity contribution in [3.8, 4) is 0 Å². The molecule has 1 atom stereocenters. The summed E-state index contributed by atoms with van der Waals surface area (Å²) in [5, 5.41) is 0. The maximum absolute atomic E-state index is 12.7. The lowest BCUT2D eigenvalue weighted by molar-refractivity contribution is -0.167. The van der Waals surface area contributed by atoms with E-state index in [1.807, 2.05) is 0 Å². The highest BCUT2D eigenvalue weighted by Gasteiger charge is 2.19. The summed E-state index contributed by atoms with van der Waals surface area (Å²) in [6, 6.07) is 0. The Morgan fingerprint density at radius 3 is 0.891 bits per heavy atom. The Balaban J connectivity index is 4.29. The molecule has 0 saturated carbocycles. The van der Waals surface area contributed by atoms with Gasteiger partial charge in [-0.2, -0.15) is 0 Å². The van der Waals surface area contributed by atoms with Crippen LogP contribution in [-0.2, 0) is 28.6 Å². The zero-order valence-electron chi connectivity index (χ0n) is 37.4. The van der Waals surface area contributed by atoms with Crippen molar-refractivity contribution in [1.82, 2.24) is 0 Å². The van der Waals surface area contributed by atoms with Crippen molar-refractivity contribution in [2.75, 3.05) is 13.2 Å². The normalized spacial score (nSPS) is 11.9. The van der Waals surface area contributed by atoms with Crippen LogP contribution in [0.1, 0.15) is 272 Å². The Bertz CT molecular complexity index is 826. The van der Waals surface area contributed by atoms with Gasteiger partial charge in [-0.25, -0.2) is 0 Å². The van der Waals surface area contributed by atoms with Gasteiger partial charge in [0.2, 0.25) is 0 Å². The first-order valence-electron chi connectivity index (χ1n) is 24.4. The highest BCUT2D eigenvalue weighted by Crippen LogP contribution is 2.16. The van der Waals surface area contributed by atoms with Gasteiger partial charge in [-0.3, -0.25) is 14.4 Å². The van der Waals surface area contributed by atoms with E-state index < -0.39 is 6.10 Å². The van der Waals surface area contributed by atoms with E-state index in [1.165, 1.54) is 167 Å². The molecule has 55 heavy (non-hydrogen) atoms. The predicted molar refractivity (Wildman–Crippen MR) is 233 cm³/mol. The molecule has 0 unspecified atom stereocenters. The fraction of sp³-hybridized carbons (Fsp3) is 0.939. The van der Waals surface area contributed by atoms with Crippen LogP contribution in [0.2, 0.25) is 0 Å². The first kappa shape index (κ1) is 53.4. The van der Waals surface area contributed by atoms with E-state index in [9.17, 15) is 14.4 Å². The first-order valence-corrected chi connectivity index (χ1v) is 24.4. The SMILES string of the molecule is CCCCCCCCCCCCCCCCCCC(=O)O[C@H](COC(=O)CCCCCCCCCCCCC)COC(=O)CCCCCCCCCC(C)C. The number of hydrogen-bond acceptors (Lipinski definition) is 6. The molecule has 0 aromatic carbocycles.